The van der Waals surface area contributed by atoms with E-state index in [9.17, 15) is 14.4 Å². The van der Waals surface area contributed by atoms with E-state index >= 15 is 0 Å². The number of benzene rings is 1. The Labute approximate surface area is 132 Å². The van der Waals surface area contributed by atoms with Crippen LogP contribution in [0.1, 0.15) is 21.9 Å². The molecule has 0 spiro atoms. The largest absolute Gasteiger partial charge is 0.480 e. The Morgan fingerprint density at radius 1 is 1.09 bits per heavy atom. The molecule has 0 saturated carbocycles. The van der Waals surface area contributed by atoms with Crippen molar-refractivity contribution < 1.29 is 23.9 Å². The summed E-state index contributed by atoms with van der Waals surface area (Å²) in [5.74, 6) is -0.525. The zero-order valence-corrected chi connectivity index (χ0v) is 12.5. The number of furan rings is 1. The Balaban J connectivity index is 1.90. The highest BCUT2D eigenvalue weighted by molar-refractivity contribution is 5.97. The number of hydrogen-bond donors (Lipinski definition) is 3. The van der Waals surface area contributed by atoms with Crippen molar-refractivity contribution in [2.75, 3.05) is 11.9 Å². The minimum Gasteiger partial charge on any atom is -0.480 e. The molecule has 120 valence electrons. The van der Waals surface area contributed by atoms with Crippen LogP contribution in [0.2, 0.25) is 0 Å². The molecule has 1 heterocycles. The van der Waals surface area contributed by atoms with Gasteiger partial charge in [0.05, 0.1) is 6.42 Å². The van der Waals surface area contributed by atoms with E-state index in [2.05, 4.69) is 10.6 Å². The SMILES string of the molecule is Cc1ccc(CC(=O)Nc2ccc(C(=O)NCC(=O)O)cc2)o1. The Kier molecular flexibility index (Phi) is 5.14. The molecule has 2 amide bonds. The Hall–Kier alpha value is -3.09. The van der Waals surface area contributed by atoms with Crippen molar-refractivity contribution in [3.05, 3.63) is 53.5 Å². The van der Waals surface area contributed by atoms with E-state index < -0.39 is 18.4 Å². The zero-order valence-electron chi connectivity index (χ0n) is 12.5. The molecule has 0 unspecified atom stereocenters. The lowest BCUT2D eigenvalue weighted by molar-refractivity contribution is -0.135. The summed E-state index contributed by atoms with van der Waals surface area (Å²) in [7, 11) is 0. The molecule has 7 nitrogen and oxygen atoms in total. The fourth-order valence-corrected chi connectivity index (χ4v) is 1.91. The van der Waals surface area contributed by atoms with Gasteiger partial charge in [-0.2, -0.15) is 0 Å². The first-order chi connectivity index (χ1) is 10.9. The molecule has 1 aromatic heterocycles. The van der Waals surface area contributed by atoms with Gasteiger partial charge < -0.3 is 20.2 Å². The van der Waals surface area contributed by atoms with Crippen LogP contribution in [-0.4, -0.2) is 29.4 Å². The van der Waals surface area contributed by atoms with E-state index in [0.717, 1.165) is 5.76 Å². The number of rotatable bonds is 6. The van der Waals surface area contributed by atoms with Crippen molar-refractivity contribution in [3.8, 4) is 0 Å². The molecule has 0 aliphatic rings. The fraction of sp³-hybridized carbons (Fsp3) is 0.188. The summed E-state index contributed by atoms with van der Waals surface area (Å²) in [6, 6.07) is 9.67. The maximum atomic E-state index is 11.9. The number of carbonyl (C=O) groups is 3. The van der Waals surface area contributed by atoms with E-state index in [-0.39, 0.29) is 12.3 Å². The maximum Gasteiger partial charge on any atom is 0.322 e. The van der Waals surface area contributed by atoms with Crippen LogP contribution >= 0.6 is 0 Å². The van der Waals surface area contributed by atoms with Gasteiger partial charge in [-0.3, -0.25) is 14.4 Å². The first-order valence-corrected chi connectivity index (χ1v) is 6.89. The number of aryl methyl sites for hydroxylation is 1. The van der Waals surface area contributed by atoms with Crippen LogP contribution in [0.4, 0.5) is 5.69 Å². The van der Waals surface area contributed by atoms with Crippen molar-refractivity contribution in [1.82, 2.24) is 5.32 Å². The zero-order chi connectivity index (χ0) is 16.8. The quantitative estimate of drug-likeness (QED) is 0.750. The second kappa shape index (κ2) is 7.26. The van der Waals surface area contributed by atoms with Gasteiger partial charge in [-0.1, -0.05) is 0 Å². The standard InChI is InChI=1S/C16H16N2O5/c1-10-2-7-13(23-10)8-14(19)18-12-5-3-11(4-6-12)16(22)17-9-15(20)21/h2-7H,8-9H2,1H3,(H,17,22)(H,18,19)(H,20,21). The number of nitrogens with one attached hydrogen (secondary N) is 2. The molecule has 0 radical (unpaired) electrons. The van der Waals surface area contributed by atoms with Crippen LogP contribution < -0.4 is 10.6 Å². The highest BCUT2D eigenvalue weighted by Gasteiger charge is 2.09. The fourth-order valence-electron chi connectivity index (χ4n) is 1.91. The van der Waals surface area contributed by atoms with Crippen molar-refractivity contribution in [3.63, 3.8) is 0 Å². The van der Waals surface area contributed by atoms with Gasteiger partial charge in [0.15, 0.2) is 0 Å². The summed E-state index contributed by atoms with van der Waals surface area (Å²) in [4.78, 5) is 33.9. The topological polar surface area (TPSA) is 109 Å². The average Bonchev–Trinajstić information content (AvgIpc) is 2.90. The highest BCUT2D eigenvalue weighted by Crippen LogP contribution is 2.12. The normalized spacial score (nSPS) is 10.1. The highest BCUT2D eigenvalue weighted by atomic mass is 16.4. The molecular weight excluding hydrogens is 300 g/mol. The lowest BCUT2D eigenvalue weighted by atomic mass is 10.2. The van der Waals surface area contributed by atoms with Gasteiger partial charge in [-0.25, -0.2) is 0 Å². The summed E-state index contributed by atoms with van der Waals surface area (Å²) in [5.41, 5.74) is 0.846. The number of anilines is 1. The van der Waals surface area contributed by atoms with Crippen LogP contribution in [0.15, 0.2) is 40.8 Å². The van der Waals surface area contributed by atoms with Crippen LogP contribution in [0, 0.1) is 6.92 Å². The van der Waals surface area contributed by atoms with Gasteiger partial charge in [0.25, 0.3) is 5.91 Å². The molecule has 7 heteroatoms. The first kappa shape index (κ1) is 16.3. The summed E-state index contributed by atoms with van der Waals surface area (Å²) in [5, 5.41) is 13.5. The second-order valence-corrected chi connectivity index (χ2v) is 4.89. The van der Waals surface area contributed by atoms with Crippen molar-refractivity contribution in [2.24, 2.45) is 0 Å². The van der Waals surface area contributed by atoms with E-state index in [4.69, 9.17) is 9.52 Å². The smallest absolute Gasteiger partial charge is 0.322 e. The van der Waals surface area contributed by atoms with Gasteiger partial charge in [0.1, 0.15) is 18.1 Å². The van der Waals surface area contributed by atoms with Crippen LogP contribution in [0.25, 0.3) is 0 Å². The lowest BCUT2D eigenvalue weighted by Gasteiger charge is -2.06. The molecule has 0 saturated heterocycles. The molecule has 0 fully saturated rings. The Bertz CT molecular complexity index is 718. The van der Waals surface area contributed by atoms with Crippen LogP contribution in [0.5, 0.6) is 0 Å². The van der Waals surface area contributed by atoms with Crippen LogP contribution in [0.3, 0.4) is 0 Å². The molecule has 2 aromatic rings. The van der Waals surface area contributed by atoms with Crippen LogP contribution in [-0.2, 0) is 16.0 Å². The molecule has 0 aliphatic heterocycles. The lowest BCUT2D eigenvalue weighted by Crippen LogP contribution is -2.29. The van der Waals surface area contributed by atoms with Gasteiger partial charge in [-0.15, -0.1) is 0 Å². The molecule has 0 aliphatic carbocycles. The van der Waals surface area contributed by atoms with E-state index in [1.165, 1.54) is 12.1 Å². The van der Waals surface area contributed by atoms with Gasteiger partial charge in [0.2, 0.25) is 5.91 Å². The van der Waals surface area contributed by atoms with Gasteiger partial charge >= 0.3 is 5.97 Å². The van der Waals surface area contributed by atoms with Crippen molar-refractivity contribution in [2.45, 2.75) is 13.3 Å². The molecule has 23 heavy (non-hydrogen) atoms. The Morgan fingerprint density at radius 2 is 1.78 bits per heavy atom. The van der Waals surface area contributed by atoms with Crippen molar-refractivity contribution in [1.29, 1.82) is 0 Å². The monoisotopic (exact) mass is 316 g/mol. The second-order valence-electron chi connectivity index (χ2n) is 4.89. The van der Waals surface area contributed by atoms with Crippen molar-refractivity contribution >= 4 is 23.5 Å². The first-order valence-electron chi connectivity index (χ1n) is 6.89. The number of carbonyl (C=O) groups excluding carboxylic acids is 2. The molecule has 3 N–H and O–H groups in total. The third-order valence-electron chi connectivity index (χ3n) is 2.96. The van der Waals surface area contributed by atoms with Gasteiger partial charge in [-0.05, 0) is 43.3 Å². The molecule has 1 aromatic carbocycles. The third-order valence-corrected chi connectivity index (χ3v) is 2.96. The number of aliphatic carboxylic acids is 1. The molecule has 0 bridgehead atoms. The summed E-state index contributed by atoms with van der Waals surface area (Å²) in [6.07, 6.45) is 0.120. The molecular formula is C16H16N2O5. The number of carboxylic acid groups (broad SMARTS) is 1. The predicted molar refractivity (Wildman–Crippen MR) is 82.2 cm³/mol. The number of hydrogen-bond acceptors (Lipinski definition) is 4. The molecule has 0 atom stereocenters. The summed E-state index contributed by atoms with van der Waals surface area (Å²) in [6.45, 7) is 1.36. The molecule has 2 rings (SSSR count). The maximum absolute atomic E-state index is 11.9. The van der Waals surface area contributed by atoms with E-state index in [1.54, 1.807) is 31.2 Å². The number of amides is 2. The summed E-state index contributed by atoms with van der Waals surface area (Å²) < 4.78 is 5.33. The summed E-state index contributed by atoms with van der Waals surface area (Å²) >= 11 is 0. The van der Waals surface area contributed by atoms with Gasteiger partial charge in [0, 0.05) is 11.3 Å². The van der Waals surface area contributed by atoms with E-state index in [1.807, 2.05) is 0 Å². The Morgan fingerprint density at radius 3 is 2.35 bits per heavy atom. The predicted octanol–water partition coefficient (Wildman–Crippen LogP) is 1.58. The van der Waals surface area contributed by atoms with E-state index in [0.29, 0.717) is 17.0 Å². The third kappa shape index (κ3) is 4.99. The minimum absolute atomic E-state index is 0.120. The average molecular weight is 316 g/mol. The minimum atomic E-state index is -1.12. The number of carboxylic acids is 1.